The van der Waals surface area contributed by atoms with E-state index < -0.39 is 5.97 Å². The Morgan fingerprint density at radius 1 is 1.47 bits per heavy atom. The minimum Gasteiger partial charge on any atom is -0.476 e. The molecule has 2 heterocycles. The molecule has 88 valence electrons. The summed E-state index contributed by atoms with van der Waals surface area (Å²) < 4.78 is 0. The van der Waals surface area contributed by atoms with Crippen molar-refractivity contribution in [2.24, 2.45) is 0 Å². The van der Waals surface area contributed by atoms with Gasteiger partial charge in [-0.2, -0.15) is 0 Å². The number of carboxylic acid groups (broad SMARTS) is 1. The van der Waals surface area contributed by atoms with E-state index in [1.807, 2.05) is 6.07 Å². The fourth-order valence-corrected chi connectivity index (χ4v) is 2.34. The zero-order valence-corrected chi connectivity index (χ0v) is 10.2. The monoisotopic (exact) mass is 249 g/mol. The topological polar surface area (TPSA) is 66.3 Å². The van der Waals surface area contributed by atoms with Crippen LogP contribution in [0.25, 0.3) is 10.6 Å². The molecule has 0 aliphatic rings. The molecule has 0 aliphatic heterocycles. The van der Waals surface area contributed by atoms with Crippen LogP contribution in [0.5, 0.6) is 0 Å². The van der Waals surface area contributed by atoms with Crippen molar-refractivity contribution in [3.63, 3.8) is 0 Å². The van der Waals surface area contributed by atoms with E-state index in [1.165, 1.54) is 11.3 Å². The molecule has 2 aromatic heterocycles. The molecule has 0 bridgehead atoms. The van der Waals surface area contributed by atoms with Crippen LogP contribution in [0.4, 0.5) is 5.00 Å². The molecule has 0 aromatic carbocycles. The fourth-order valence-electron chi connectivity index (χ4n) is 1.37. The first-order valence-electron chi connectivity index (χ1n) is 4.91. The summed E-state index contributed by atoms with van der Waals surface area (Å²) in [5.41, 5.74) is 0.909. The van der Waals surface area contributed by atoms with Gasteiger partial charge in [0, 0.05) is 32.1 Å². The summed E-state index contributed by atoms with van der Waals surface area (Å²) in [6, 6.07) is 3.66. The van der Waals surface area contributed by atoms with Gasteiger partial charge in [-0.25, -0.2) is 9.78 Å². The van der Waals surface area contributed by atoms with E-state index in [9.17, 15) is 4.79 Å². The number of hydrogen-bond donors (Lipinski definition) is 1. The number of rotatable bonds is 3. The number of nitrogens with zero attached hydrogens (tertiary/aromatic N) is 3. The lowest BCUT2D eigenvalue weighted by Gasteiger charge is -2.08. The molecule has 0 radical (unpaired) electrons. The maximum atomic E-state index is 11.1. The Labute approximate surface area is 102 Å². The van der Waals surface area contributed by atoms with Gasteiger partial charge in [0.15, 0.2) is 5.69 Å². The average Bonchev–Trinajstić information content (AvgIpc) is 2.75. The van der Waals surface area contributed by atoms with Gasteiger partial charge in [-0.15, -0.1) is 0 Å². The van der Waals surface area contributed by atoms with Crippen molar-refractivity contribution in [3.8, 4) is 10.6 Å². The van der Waals surface area contributed by atoms with Crippen molar-refractivity contribution in [3.05, 3.63) is 30.2 Å². The standard InChI is InChI=1S/C11H11N3O2S/c1-14(2)10-8(11(15)16)13-9(17-10)7-4-3-5-12-6-7/h3-6H,1-2H3,(H,15,16). The Balaban J connectivity index is 2.51. The van der Waals surface area contributed by atoms with Crippen molar-refractivity contribution < 1.29 is 9.90 Å². The number of hydrogen-bond acceptors (Lipinski definition) is 5. The number of aromatic carboxylic acids is 1. The molecular formula is C11H11N3O2S. The summed E-state index contributed by atoms with van der Waals surface area (Å²) in [6.07, 6.45) is 3.34. The predicted octanol–water partition coefficient (Wildman–Crippen LogP) is 1.97. The van der Waals surface area contributed by atoms with E-state index in [0.29, 0.717) is 10.0 Å². The summed E-state index contributed by atoms with van der Waals surface area (Å²) in [7, 11) is 3.60. The molecule has 0 aliphatic carbocycles. The van der Waals surface area contributed by atoms with E-state index in [-0.39, 0.29) is 5.69 Å². The quantitative estimate of drug-likeness (QED) is 0.900. The lowest BCUT2D eigenvalue weighted by molar-refractivity contribution is 0.0692. The smallest absolute Gasteiger partial charge is 0.357 e. The molecule has 2 aromatic rings. The molecule has 0 spiro atoms. The maximum absolute atomic E-state index is 11.1. The Morgan fingerprint density at radius 2 is 2.24 bits per heavy atom. The predicted molar refractivity (Wildman–Crippen MR) is 66.6 cm³/mol. The normalized spacial score (nSPS) is 10.2. The number of pyridine rings is 1. The molecule has 17 heavy (non-hydrogen) atoms. The van der Waals surface area contributed by atoms with Crippen LogP contribution in [0.2, 0.25) is 0 Å². The second-order valence-electron chi connectivity index (χ2n) is 3.61. The first kappa shape index (κ1) is 11.5. The van der Waals surface area contributed by atoms with E-state index >= 15 is 0 Å². The fraction of sp³-hybridized carbons (Fsp3) is 0.182. The van der Waals surface area contributed by atoms with Crippen LogP contribution >= 0.6 is 11.3 Å². The van der Waals surface area contributed by atoms with E-state index in [2.05, 4.69) is 9.97 Å². The first-order chi connectivity index (χ1) is 8.09. The number of thiazole rings is 1. The highest BCUT2D eigenvalue weighted by Crippen LogP contribution is 2.33. The van der Waals surface area contributed by atoms with Crippen LogP contribution in [0.1, 0.15) is 10.5 Å². The molecule has 2 rings (SSSR count). The molecule has 0 fully saturated rings. The second-order valence-corrected chi connectivity index (χ2v) is 4.59. The highest BCUT2D eigenvalue weighted by Gasteiger charge is 2.19. The Morgan fingerprint density at radius 3 is 2.71 bits per heavy atom. The number of carbonyl (C=O) groups is 1. The van der Waals surface area contributed by atoms with Crippen molar-refractivity contribution in [1.82, 2.24) is 9.97 Å². The number of carboxylic acids is 1. The van der Waals surface area contributed by atoms with Crippen LogP contribution < -0.4 is 4.90 Å². The van der Waals surface area contributed by atoms with Gasteiger partial charge in [0.25, 0.3) is 0 Å². The van der Waals surface area contributed by atoms with E-state index in [1.54, 1.807) is 37.5 Å². The van der Waals surface area contributed by atoms with E-state index in [0.717, 1.165) is 5.56 Å². The molecule has 0 atom stereocenters. The summed E-state index contributed by atoms with van der Waals surface area (Å²) in [5, 5.41) is 10.4. The Hall–Kier alpha value is -1.95. The maximum Gasteiger partial charge on any atom is 0.357 e. The highest BCUT2D eigenvalue weighted by molar-refractivity contribution is 7.19. The molecule has 0 unspecified atom stereocenters. The third kappa shape index (κ3) is 2.26. The lowest BCUT2D eigenvalue weighted by atomic mass is 10.3. The van der Waals surface area contributed by atoms with Crippen LogP contribution in [0.3, 0.4) is 0 Å². The third-order valence-corrected chi connectivity index (χ3v) is 3.40. The zero-order valence-electron chi connectivity index (χ0n) is 9.41. The van der Waals surface area contributed by atoms with Gasteiger partial charge in [0.1, 0.15) is 10.0 Å². The van der Waals surface area contributed by atoms with Gasteiger partial charge in [-0.05, 0) is 12.1 Å². The summed E-state index contributed by atoms with van der Waals surface area (Å²) in [6.45, 7) is 0. The molecular weight excluding hydrogens is 238 g/mol. The lowest BCUT2D eigenvalue weighted by Crippen LogP contribution is -2.11. The second kappa shape index (κ2) is 4.50. The zero-order chi connectivity index (χ0) is 12.4. The largest absolute Gasteiger partial charge is 0.476 e. The third-order valence-electron chi connectivity index (χ3n) is 2.13. The minimum atomic E-state index is -1.01. The van der Waals surface area contributed by atoms with Gasteiger partial charge >= 0.3 is 5.97 Å². The van der Waals surface area contributed by atoms with Crippen LogP contribution in [0, 0.1) is 0 Å². The van der Waals surface area contributed by atoms with Crippen LogP contribution in [0.15, 0.2) is 24.5 Å². The van der Waals surface area contributed by atoms with Crippen molar-refractivity contribution in [2.75, 3.05) is 19.0 Å². The van der Waals surface area contributed by atoms with Gasteiger partial charge in [0.2, 0.25) is 0 Å². The minimum absolute atomic E-state index is 0.0823. The number of anilines is 1. The van der Waals surface area contributed by atoms with Crippen LogP contribution in [-0.2, 0) is 0 Å². The average molecular weight is 249 g/mol. The highest BCUT2D eigenvalue weighted by atomic mass is 32.1. The molecule has 0 saturated carbocycles. The first-order valence-corrected chi connectivity index (χ1v) is 5.73. The molecule has 0 saturated heterocycles. The van der Waals surface area contributed by atoms with Crippen molar-refractivity contribution >= 4 is 22.3 Å². The van der Waals surface area contributed by atoms with Gasteiger partial charge < -0.3 is 10.0 Å². The number of aromatic nitrogens is 2. The van der Waals surface area contributed by atoms with Gasteiger partial charge in [-0.3, -0.25) is 4.98 Å². The molecule has 0 amide bonds. The SMILES string of the molecule is CN(C)c1sc(-c2cccnc2)nc1C(=O)O. The van der Waals surface area contributed by atoms with E-state index in [4.69, 9.17) is 5.11 Å². The van der Waals surface area contributed by atoms with Crippen LogP contribution in [-0.4, -0.2) is 35.1 Å². The summed E-state index contributed by atoms with van der Waals surface area (Å²) >= 11 is 1.34. The molecule has 1 N–H and O–H groups in total. The summed E-state index contributed by atoms with van der Waals surface area (Å²) in [4.78, 5) is 21.0. The molecule has 5 nitrogen and oxygen atoms in total. The van der Waals surface area contributed by atoms with Gasteiger partial charge in [-0.1, -0.05) is 11.3 Å². The van der Waals surface area contributed by atoms with Crippen molar-refractivity contribution in [2.45, 2.75) is 0 Å². The van der Waals surface area contributed by atoms with Crippen molar-refractivity contribution in [1.29, 1.82) is 0 Å². The Kier molecular flexibility index (Phi) is 3.06. The molecule has 6 heteroatoms. The Bertz CT molecular complexity index is 537. The summed E-state index contributed by atoms with van der Waals surface area (Å²) in [5.74, 6) is -1.01. The van der Waals surface area contributed by atoms with Gasteiger partial charge in [0.05, 0.1) is 0 Å².